The second kappa shape index (κ2) is 11.6. The van der Waals surface area contributed by atoms with Gasteiger partial charge in [-0.05, 0) is 50.0 Å². The average Bonchev–Trinajstić information content (AvgIpc) is 3.64. The lowest BCUT2D eigenvalue weighted by Crippen LogP contribution is -2.34. The van der Waals surface area contributed by atoms with Crippen molar-refractivity contribution in [3.8, 4) is 11.5 Å². The van der Waals surface area contributed by atoms with E-state index in [1.165, 1.54) is 0 Å². The Morgan fingerprint density at radius 1 is 1.24 bits per heavy atom. The maximum absolute atomic E-state index is 13.0. The number of benzene rings is 1. The predicted octanol–water partition coefficient (Wildman–Crippen LogP) is 4.42. The van der Waals surface area contributed by atoms with Gasteiger partial charge in [-0.1, -0.05) is 18.5 Å². The fourth-order valence-corrected chi connectivity index (χ4v) is 3.84. The lowest BCUT2D eigenvalue weighted by Gasteiger charge is -2.27. The summed E-state index contributed by atoms with van der Waals surface area (Å²) in [5.41, 5.74) is 1.48. The molecule has 3 rings (SSSR count). The zero-order valence-corrected chi connectivity index (χ0v) is 20.4. The molecule has 1 heterocycles. The molecule has 1 unspecified atom stereocenters. The molecule has 33 heavy (non-hydrogen) atoms. The third-order valence-corrected chi connectivity index (χ3v) is 5.90. The number of hydrogen-bond donors (Lipinski definition) is 0. The number of ether oxygens (including phenoxy) is 4. The molecule has 180 valence electrons. The third kappa shape index (κ3) is 6.30. The predicted molar refractivity (Wildman–Crippen MR) is 127 cm³/mol. The van der Waals surface area contributed by atoms with E-state index in [1.807, 2.05) is 13.0 Å². The van der Waals surface area contributed by atoms with Crippen LogP contribution in [0.5, 0.6) is 11.5 Å². The van der Waals surface area contributed by atoms with E-state index in [0.29, 0.717) is 36.2 Å². The number of carbonyl (C=O) groups excluding carboxylic acids is 2. The zero-order valence-electron chi connectivity index (χ0n) is 19.7. The molecule has 1 aliphatic heterocycles. The van der Waals surface area contributed by atoms with Crippen LogP contribution in [0.25, 0.3) is 6.08 Å². The van der Waals surface area contributed by atoms with Gasteiger partial charge in [0.1, 0.15) is 23.2 Å². The summed E-state index contributed by atoms with van der Waals surface area (Å²) in [7, 11) is 3.37. The maximum Gasteiger partial charge on any atom is 0.343 e. The number of fused-ring (bicyclic) bond motifs is 1. The fourth-order valence-electron chi connectivity index (χ4n) is 3.61. The van der Waals surface area contributed by atoms with Crippen LogP contribution in [0.3, 0.4) is 0 Å². The zero-order chi connectivity index (χ0) is 24.0. The van der Waals surface area contributed by atoms with E-state index >= 15 is 0 Å². The van der Waals surface area contributed by atoms with Crippen molar-refractivity contribution in [3.63, 3.8) is 0 Å². The Morgan fingerprint density at radius 3 is 2.64 bits per heavy atom. The first-order valence-corrected chi connectivity index (χ1v) is 11.8. The summed E-state index contributed by atoms with van der Waals surface area (Å²) < 4.78 is 22.2. The van der Waals surface area contributed by atoms with Crippen LogP contribution in [-0.4, -0.2) is 62.9 Å². The van der Waals surface area contributed by atoms with E-state index in [9.17, 15) is 9.59 Å². The molecule has 0 spiro atoms. The second-order valence-corrected chi connectivity index (χ2v) is 8.51. The summed E-state index contributed by atoms with van der Waals surface area (Å²) in [6, 6.07) is 3.73. The molecule has 0 aromatic heterocycles. The maximum atomic E-state index is 13.0. The van der Waals surface area contributed by atoms with Crippen LogP contribution < -0.4 is 9.47 Å². The van der Waals surface area contributed by atoms with E-state index in [0.717, 1.165) is 30.4 Å². The Balaban J connectivity index is 1.92. The molecule has 1 aromatic carbocycles. The van der Waals surface area contributed by atoms with E-state index in [2.05, 4.69) is 0 Å². The van der Waals surface area contributed by atoms with Crippen LogP contribution in [0, 0.1) is 0 Å². The summed E-state index contributed by atoms with van der Waals surface area (Å²) in [6.07, 6.45) is 6.46. The van der Waals surface area contributed by atoms with Crippen molar-refractivity contribution in [1.29, 1.82) is 0 Å². The molecule has 1 fully saturated rings. The Morgan fingerprint density at radius 2 is 2.00 bits per heavy atom. The minimum atomic E-state index is -0.630. The minimum Gasteiger partial charge on any atom is -0.492 e. The number of nitrogens with zero attached hydrogens (tertiary/aromatic N) is 1. The van der Waals surface area contributed by atoms with Crippen molar-refractivity contribution in [3.05, 3.63) is 39.9 Å². The van der Waals surface area contributed by atoms with Gasteiger partial charge in [0.2, 0.25) is 0 Å². The molecule has 2 aliphatic rings. The highest BCUT2D eigenvalue weighted by Gasteiger charge is 2.34. The van der Waals surface area contributed by atoms with Crippen LogP contribution in [0.4, 0.5) is 0 Å². The Bertz CT molecular complexity index is 937. The van der Waals surface area contributed by atoms with Crippen LogP contribution in [-0.2, 0) is 19.1 Å². The first-order chi connectivity index (χ1) is 15.9. The number of rotatable bonds is 11. The molecule has 8 heteroatoms. The van der Waals surface area contributed by atoms with E-state index in [1.54, 1.807) is 44.2 Å². The smallest absolute Gasteiger partial charge is 0.343 e. The largest absolute Gasteiger partial charge is 0.492 e. The quantitative estimate of drug-likeness (QED) is 0.154. The normalized spacial score (nSPS) is 17.5. The number of halogens is 1. The molecule has 0 N–H and O–H groups in total. The third-order valence-electron chi connectivity index (χ3n) is 5.60. The second-order valence-electron chi connectivity index (χ2n) is 8.10. The molecular weight excluding hydrogens is 446 g/mol. The van der Waals surface area contributed by atoms with E-state index < -0.39 is 5.97 Å². The lowest BCUT2D eigenvalue weighted by atomic mass is 9.97. The van der Waals surface area contributed by atoms with Crippen molar-refractivity contribution in [2.24, 2.45) is 0 Å². The summed E-state index contributed by atoms with van der Waals surface area (Å²) in [6.45, 7) is 4.97. The standard InChI is InChI=1S/C25H32ClNO6/c1-5-21-16(13-19(25(29)31-6-2)24(28)27(3)18-8-9-18)12-17-14-20(26)23(15-22(17)33-21)32-11-7-10-30-4/h12-15,18,21H,5-11H2,1-4H3/b19-13+. The molecule has 1 aromatic rings. The van der Waals surface area contributed by atoms with Gasteiger partial charge in [0.25, 0.3) is 5.91 Å². The van der Waals surface area contributed by atoms with E-state index in [-0.39, 0.29) is 30.2 Å². The number of methoxy groups -OCH3 is 1. The van der Waals surface area contributed by atoms with Gasteiger partial charge in [-0.25, -0.2) is 4.79 Å². The van der Waals surface area contributed by atoms with Crippen molar-refractivity contribution < 1.29 is 28.5 Å². The van der Waals surface area contributed by atoms with Gasteiger partial charge in [0.15, 0.2) is 0 Å². The first-order valence-electron chi connectivity index (χ1n) is 11.4. The van der Waals surface area contributed by atoms with Gasteiger partial charge >= 0.3 is 5.97 Å². The highest BCUT2D eigenvalue weighted by Crippen LogP contribution is 2.39. The Kier molecular flexibility index (Phi) is 8.80. The van der Waals surface area contributed by atoms with Crippen LogP contribution >= 0.6 is 11.6 Å². The number of esters is 1. The van der Waals surface area contributed by atoms with Crippen molar-refractivity contribution >= 4 is 29.6 Å². The molecule has 0 radical (unpaired) electrons. The van der Waals surface area contributed by atoms with Gasteiger partial charge in [-0.2, -0.15) is 0 Å². The van der Waals surface area contributed by atoms with Crippen molar-refractivity contribution in [2.45, 2.75) is 51.7 Å². The fraction of sp³-hybridized carbons (Fsp3) is 0.520. The summed E-state index contributed by atoms with van der Waals surface area (Å²) >= 11 is 6.43. The van der Waals surface area contributed by atoms with Crippen LogP contribution in [0.1, 0.15) is 45.1 Å². The molecule has 1 atom stereocenters. The summed E-state index contributed by atoms with van der Waals surface area (Å²) in [5, 5.41) is 0.458. The topological polar surface area (TPSA) is 74.3 Å². The molecule has 7 nitrogen and oxygen atoms in total. The number of hydrogen-bond acceptors (Lipinski definition) is 6. The number of carbonyl (C=O) groups is 2. The van der Waals surface area contributed by atoms with Gasteiger partial charge in [-0.3, -0.25) is 4.79 Å². The van der Waals surface area contributed by atoms with Crippen molar-refractivity contribution in [2.75, 3.05) is 34.0 Å². The minimum absolute atomic E-state index is 0.00666. The molecule has 0 saturated heterocycles. The molecule has 1 aliphatic carbocycles. The summed E-state index contributed by atoms with van der Waals surface area (Å²) in [5.74, 6) is 0.219. The van der Waals surface area contributed by atoms with Gasteiger partial charge in [0.05, 0.1) is 18.2 Å². The highest BCUT2D eigenvalue weighted by atomic mass is 35.5. The first kappa shape index (κ1) is 25.1. The highest BCUT2D eigenvalue weighted by molar-refractivity contribution is 6.32. The Hall–Kier alpha value is -2.51. The van der Waals surface area contributed by atoms with Gasteiger partial charge in [0, 0.05) is 44.9 Å². The van der Waals surface area contributed by atoms with Crippen LogP contribution in [0.15, 0.2) is 29.4 Å². The summed E-state index contributed by atoms with van der Waals surface area (Å²) in [4.78, 5) is 27.3. The number of likely N-dealkylation sites (N-methyl/N-ethyl adjacent to an activating group) is 1. The number of amides is 1. The molecule has 1 amide bonds. The van der Waals surface area contributed by atoms with Crippen LogP contribution in [0.2, 0.25) is 5.02 Å². The lowest BCUT2D eigenvalue weighted by molar-refractivity contribution is -0.141. The van der Waals surface area contributed by atoms with Crippen molar-refractivity contribution in [1.82, 2.24) is 4.90 Å². The monoisotopic (exact) mass is 477 g/mol. The molecular formula is C25H32ClNO6. The average molecular weight is 478 g/mol. The Labute approximate surface area is 200 Å². The SMILES string of the molecule is CCOC(=O)/C(=C/C1=Cc2cc(Cl)c(OCCCOC)cc2OC1CC)C(=O)N(C)C1CC1. The van der Waals surface area contributed by atoms with E-state index in [4.69, 9.17) is 30.5 Å². The molecule has 1 saturated carbocycles. The van der Waals surface area contributed by atoms with Gasteiger partial charge < -0.3 is 23.8 Å². The van der Waals surface area contributed by atoms with Gasteiger partial charge in [-0.15, -0.1) is 0 Å². The molecule has 0 bridgehead atoms.